The number of ether oxygens (including phenoxy) is 2. The molecule has 0 unspecified atom stereocenters. The molecule has 2 rings (SSSR count). The summed E-state index contributed by atoms with van der Waals surface area (Å²) < 4.78 is 11.0. The maximum absolute atomic E-state index is 11.8. The Balaban J connectivity index is 2.03. The van der Waals surface area contributed by atoms with Gasteiger partial charge in [0.15, 0.2) is 0 Å². The molecule has 0 saturated heterocycles. The SMILES string of the molecule is Cc1c[c]cc(OCCc2ccc(N)cc2/C=N/C(=O)OC(C)(C)C)c1. The van der Waals surface area contributed by atoms with Gasteiger partial charge in [-0.15, -0.1) is 0 Å². The fraction of sp³-hybridized carbons (Fsp3) is 0.333. The molecule has 137 valence electrons. The molecule has 1 radical (unpaired) electrons. The number of aliphatic imine (C=N–C) groups is 1. The number of nitrogens with zero attached hydrogens (tertiary/aromatic N) is 1. The summed E-state index contributed by atoms with van der Waals surface area (Å²) in [5, 5.41) is 0. The average molecular weight is 353 g/mol. The highest BCUT2D eigenvalue weighted by molar-refractivity contribution is 5.91. The molecule has 5 nitrogen and oxygen atoms in total. The van der Waals surface area contributed by atoms with Crippen LogP contribution in [0.1, 0.15) is 37.5 Å². The molecule has 0 aliphatic heterocycles. The summed E-state index contributed by atoms with van der Waals surface area (Å²) in [6, 6.07) is 14.2. The van der Waals surface area contributed by atoms with Crippen molar-refractivity contribution < 1.29 is 14.3 Å². The van der Waals surface area contributed by atoms with E-state index >= 15 is 0 Å². The summed E-state index contributed by atoms with van der Waals surface area (Å²) in [6.07, 6.45) is 1.52. The first-order valence-corrected chi connectivity index (χ1v) is 8.49. The van der Waals surface area contributed by atoms with Gasteiger partial charge in [0.25, 0.3) is 0 Å². The number of nitrogen functional groups attached to an aromatic ring is 1. The van der Waals surface area contributed by atoms with Crippen LogP contribution >= 0.6 is 0 Å². The smallest absolute Gasteiger partial charge is 0.434 e. The summed E-state index contributed by atoms with van der Waals surface area (Å²) in [4.78, 5) is 15.7. The molecular formula is C21H25N2O3. The third-order valence-electron chi connectivity index (χ3n) is 3.42. The molecule has 0 fully saturated rings. The highest BCUT2D eigenvalue weighted by Gasteiger charge is 2.15. The lowest BCUT2D eigenvalue weighted by Gasteiger charge is -2.17. The van der Waals surface area contributed by atoms with Gasteiger partial charge in [-0.05, 0) is 74.7 Å². The minimum absolute atomic E-state index is 0.495. The largest absolute Gasteiger partial charge is 0.493 e. The maximum Gasteiger partial charge on any atom is 0.434 e. The molecule has 0 heterocycles. The van der Waals surface area contributed by atoms with Crippen molar-refractivity contribution in [3.05, 3.63) is 59.2 Å². The van der Waals surface area contributed by atoms with Crippen LogP contribution in [0.25, 0.3) is 0 Å². The fourth-order valence-electron chi connectivity index (χ4n) is 2.30. The van der Waals surface area contributed by atoms with E-state index in [4.69, 9.17) is 15.2 Å². The lowest BCUT2D eigenvalue weighted by Crippen LogP contribution is -2.22. The normalized spacial score (nSPS) is 11.5. The zero-order chi connectivity index (χ0) is 19.2. The van der Waals surface area contributed by atoms with Crippen molar-refractivity contribution in [1.82, 2.24) is 0 Å². The first-order chi connectivity index (χ1) is 12.2. The van der Waals surface area contributed by atoms with Crippen LogP contribution in [-0.2, 0) is 11.2 Å². The Kier molecular flexibility index (Phi) is 6.39. The van der Waals surface area contributed by atoms with E-state index in [-0.39, 0.29) is 0 Å². The van der Waals surface area contributed by atoms with Gasteiger partial charge in [0.2, 0.25) is 0 Å². The Morgan fingerprint density at radius 3 is 2.73 bits per heavy atom. The van der Waals surface area contributed by atoms with Crippen LogP contribution in [0.3, 0.4) is 0 Å². The van der Waals surface area contributed by atoms with Gasteiger partial charge < -0.3 is 15.2 Å². The summed E-state index contributed by atoms with van der Waals surface area (Å²) in [7, 11) is 0. The summed E-state index contributed by atoms with van der Waals surface area (Å²) in [6.45, 7) is 7.88. The molecule has 0 spiro atoms. The Hall–Kier alpha value is -2.82. The second kappa shape index (κ2) is 8.52. The second-order valence-corrected chi connectivity index (χ2v) is 7.04. The number of hydrogen-bond donors (Lipinski definition) is 1. The van der Waals surface area contributed by atoms with Gasteiger partial charge in [-0.25, -0.2) is 4.79 Å². The van der Waals surface area contributed by atoms with Gasteiger partial charge in [0.05, 0.1) is 6.61 Å². The maximum atomic E-state index is 11.8. The van der Waals surface area contributed by atoms with Gasteiger partial charge in [0.1, 0.15) is 11.4 Å². The molecule has 0 atom stereocenters. The predicted molar refractivity (Wildman–Crippen MR) is 104 cm³/mol. The number of hydrogen-bond acceptors (Lipinski definition) is 4. The van der Waals surface area contributed by atoms with Crippen molar-refractivity contribution >= 4 is 18.0 Å². The van der Waals surface area contributed by atoms with Crippen molar-refractivity contribution in [2.75, 3.05) is 12.3 Å². The fourth-order valence-corrected chi connectivity index (χ4v) is 2.30. The molecule has 2 aromatic rings. The van der Waals surface area contributed by atoms with Crippen LogP contribution in [0.4, 0.5) is 10.5 Å². The highest BCUT2D eigenvalue weighted by atomic mass is 16.6. The van der Waals surface area contributed by atoms with Gasteiger partial charge in [-0.1, -0.05) is 12.1 Å². The van der Waals surface area contributed by atoms with E-state index in [1.165, 1.54) is 6.21 Å². The molecule has 5 heteroatoms. The first-order valence-electron chi connectivity index (χ1n) is 8.49. The van der Waals surface area contributed by atoms with E-state index in [0.717, 1.165) is 22.4 Å². The molecule has 0 aliphatic carbocycles. The predicted octanol–water partition coefficient (Wildman–Crippen LogP) is 4.35. The van der Waals surface area contributed by atoms with Crippen molar-refractivity contribution in [2.24, 2.45) is 4.99 Å². The average Bonchev–Trinajstić information content (AvgIpc) is 2.53. The summed E-state index contributed by atoms with van der Waals surface area (Å²) in [5.41, 5.74) is 8.75. The number of carbonyl (C=O) groups is 1. The third kappa shape index (κ3) is 6.59. The lowest BCUT2D eigenvalue weighted by molar-refractivity contribution is 0.0605. The van der Waals surface area contributed by atoms with Crippen molar-refractivity contribution in [2.45, 2.75) is 39.7 Å². The van der Waals surface area contributed by atoms with E-state index < -0.39 is 11.7 Å². The molecule has 2 N–H and O–H groups in total. The van der Waals surface area contributed by atoms with Crippen molar-refractivity contribution in [3.63, 3.8) is 0 Å². The van der Waals surface area contributed by atoms with Gasteiger partial charge >= 0.3 is 6.09 Å². The van der Waals surface area contributed by atoms with E-state index in [0.29, 0.717) is 18.7 Å². The Morgan fingerprint density at radius 1 is 1.27 bits per heavy atom. The van der Waals surface area contributed by atoms with E-state index in [9.17, 15) is 4.79 Å². The minimum Gasteiger partial charge on any atom is -0.493 e. The number of carbonyl (C=O) groups excluding carboxylic acids is 1. The molecule has 2 aromatic carbocycles. The second-order valence-electron chi connectivity index (χ2n) is 7.04. The van der Waals surface area contributed by atoms with E-state index in [2.05, 4.69) is 11.1 Å². The van der Waals surface area contributed by atoms with Gasteiger partial charge in [-0.3, -0.25) is 0 Å². The molecule has 0 saturated carbocycles. The first kappa shape index (κ1) is 19.5. The van der Waals surface area contributed by atoms with Gasteiger partial charge in [-0.2, -0.15) is 4.99 Å². The highest BCUT2D eigenvalue weighted by Crippen LogP contribution is 2.16. The van der Waals surface area contributed by atoms with E-state index in [1.807, 2.05) is 31.2 Å². The zero-order valence-corrected chi connectivity index (χ0v) is 15.7. The monoisotopic (exact) mass is 353 g/mol. The van der Waals surface area contributed by atoms with Crippen molar-refractivity contribution in [1.29, 1.82) is 0 Å². The molecule has 0 aromatic heterocycles. The molecular weight excluding hydrogens is 328 g/mol. The topological polar surface area (TPSA) is 73.9 Å². The van der Waals surface area contributed by atoms with Crippen LogP contribution in [0.15, 0.2) is 41.4 Å². The Morgan fingerprint density at radius 2 is 2.04 bits per heavy atom. The number of aryl methyl sites for hydroxylation is 1. The third-order valence-corrected chi connectivity index (χ3v) is 3.42. The zero-order valence-electron chi connectivity index (χ0n) is 15.7. The number of benzene rings is 2. The Bertz CT molecular complexity index is 792. The minimum atomic E-state index is -0.627. The summed E-state index contributed by atoms with van der Waals surface area (Å²) >= 11 is 0. The van der Waals surface area contributed by atoms with Crippen molar-refractivity contribution in [3.8, 4) is 5.75 Å². The van der Waals surface area contributed by atoms with Crippen LogP contribution in [-0.4, -0.2) is 24.5 Å². The number of anilines is 1. The number of nitrogens with two attached hydrogens (primary N) is 1. The van der Waals surface area contributed by atoms with Crippen LogP contribution < -0.4 is 10.5 Å². The quantitative estimate of drug-likeness (QED) is 0.640. The van der Waals surface area contributed by atoms with Crippen LogP contribution in [0.2, 0.25) is 0 Å². The summed E-state index contributed by atoms with van der Waals surface area (Å²) in [5.74, 6) is 0.782. The molecule has 1 amide bonds. The molecule has 0 aliphatic rings. The lowest BCUT2D eigenvalue weighted by atomic mass is 10.0. The standard InChI is InChI=1S/C21H25N2O3/c1-15-6-5-7-19(12-15)25-11-10-16-8-9-18(22)13-17(16)14-23-20(24)26-21(2,3)4/h6-9,12-14H,10-11,22H2,1-4H3/b23-14+. The number of rotatable bonds is 5. The molecule has 0 bridgehead atoms. The number of amides is 1. The Labute approximate surface area is 154 Å². The van der Waals surface area contributed by atoms with Crippen LogP contribution in [0, 0.1) is 13.0 Å². The van der Waals surface area contributed by atoms with Gasteiger partial charge in [0, 0.05) is 18.3 Å². The van der Waals surface area contributed by atoms with E-state index in [1.54, 1.807) is 32.9 Å². The van der Waals surface area contributed by atoms with Crippen LogP contribution in [0.5, 0.6) is 5.75 Å². The molecule has 26 heavy (non-hydrogen) atoms.